The molecule has 0 unspecified atom stereocenters. The van der Waals surface area contributed by atoms with Crippen molar-refractivity contribution in [1.29, 1.82) is 0 Å². The smallest absolute Gasteiger partial charge is 0.410 e. The van der Waals surface area contributed by atoms with E-state index in [1.807, 2.05) is 20.8 Å². The maximum Gasteiger partial charge on any atom is 0.410 e. The van der Waals surface area contributed by atoms with Gasteiger partial charge in [0.05, 0.1) is 5.69 Å². The number of imidazole rings is 1. The Morgan fingerprint density at radius 3 is 2.72 bits per heavy atom. The van der Waals surface area contributed by atoms with Gasteiger partial charge in [0, 0.05) is 31.6 Å². The third-order valence-corrected chi connectivity index (χ3v) is 3.25. The van der Waals surface area contributed by atoms with Crippen molar-refractivity contribution in [3.63, 3.8) is 0 Å². The molecule has 1 aromatic heterocycles. The first-order chi connectivity index (χ1) is 8.35. The van der Waals surface area contributed by atoms with E-state index in [1.165, 1.54) is 0 Å². The summed E-state index contributed by atoms with van der Waals surface area (Å²) in [6.07, 6.45) is 1.36. The number of carbonyl (C=O) groups excluding carboxylic acids is 1. The summed E-state index contributed by atoms with van der Waals surface area (Å²) in [6.45, 7) is 7.00. The number of aromatic amines is 1. The second-order valence-corrected chi connectivity index (χ2v) is 6.44. The van der Waals surface area contributed by atoms with Crippen molar-refractivity contribution in [1.82, 2.24) is 14.9 Å². The molecule has 1 aliphatic heterocycles. The summed E-state index contributed by atoms with van der Waals surface area (Å²) in [7, 11) is 0. The highest BCUT2D eigenvalue weighted by atomic mass is 127. The van der Waals surface area contributed by atoms with Gasteiger partial charge < -0.3 is 14.6 Å². The van der Waals surface area contributed by atoms with E-state index in [1.54, 1.807) is 4.90 Å². The van der Waals surface area contributed by atoms with Crippen LogP contribution in [0.2, 0.25) is 0 Å². The molecule has 6 heteroatoms. The van der Waals surface area contributed by atoms with E-state index in [2.05, 4.69) is 32.6 Å². The zero-order valence-corrected chi connectivity index (χ0v) is 13.1. The molecule has 1 aromatic rings. The molecule has 1 aliphatic rings. The molecule has 0 atom stereocenters. The fourth-order valence-corrected chi connectivity index (χ4v) is 2.55. The second kappa shape index (κ2) is 5.07. The summed E-state index contributed by atoms with van der Waals surface area (Å²) in [4.78, 5) is 21.4. The van der Waals surface area contributed by atoms with Crippen LogP contribution in [0.1, 0.15) is 32.2 Å². The van der Waals surface area contributed by atoms with Gasteiger partial charge in [-0.2, -0.15) is 0 Å². The van der Waals surface area contributed by atoms with E-state index in [-0.39, 0.29) is 6.09 Å². The number of ether oxygens (including phenoxy) is 1. The average molecular weight is 363 g/mol. The average Bonchev–Trinajstić information content (AvgIpc) is 2.45. The highest BCUT2D eigenvalue weighted by Gasteiger charge is 2.25. The topological polar surface area (TPSA) is 58.2 Å². The molecule has 0 saturated carbocycles. The molecule has 0 bridgehead atoms. The number of hydrogen-bond donors (Lipinski definition) is 1. The van der Waals surface area contributed by atoms with Crippen LogP contribution >= 0.6 is 22.6 Å². The number of fused-ring (bicyclic) bond motifs is 1. The normalized spacial score (nSPS) is 16.1. The van der Waals surface area contributed by atoms with Gasteiger partial charge in [-0.05, 0) is 43.4 Å². The van der Waals surface area contributed by atoms with Crippen LogP contribution in [0.3, 0.4) is 0 Å². The molecule has 5 nitrogen and oxygen atoms in total. The second-order valence-electron chi connectivity index (χ2n) is 5.42. The van der Waals surface area contributed by atoms with E-state index in [9.17, 15) is 4.79 Å². The number of aromatic nitrogens is 2. The van der Waals surface area contributed by atoms with Crippen molar-refractivity contribution >= 4 is 28.7 Å². The molecule has 0 spiro atoms. The van der Waals surface area contributed by atoms with Gasteiger partial charge in [-0.15, -0.1) is 0 Å². The van der Waals surface area contributed by atoms with E-state index >= 15 is 0 Å². The largest absolute Gasteiger partial charge is 0.444 e. The number of nitrogens with zero attached hydrogens (tertiary/aromatic N) is 2. The number of hydrogen-bond acceptors (Lipinski definition) is 3. The zero-order chi connectivity index (χ0) is 13.3. The van der Waals surface area contributed by atoms with Gasteiger partial charge in [0.25, 0.3) is 0 Å². The lowest BCUT2D eigenvalue weighted by molar-refractivity contribution is 0.0258. The van der Waals surface area contributed by atoms with Crippen LogP contribution < -0.4 is 0 Å². The van der Waals surface area contributed by atoms with Gasteiger partial charge in [-0.3, -0.25) is 0 Å². The Bertz CT molecular complexity index is 425. The summed E-state index contributed by atoms with van der Waals surface area (Å²) in [6, 6.07) is 0. The lowest BCUT2D eigenvalue weighted by atomic mass is 10.2. The number of rotatable bonds is 0. The summed E-state index contributed by atoms with van der Waals surface area (Å²) in [5, 5.41) is 0. The van der Waals surface area contributed by atoms with Crippen molar-refractivity contribution in [3.05, 3.63) is 15.2 Å². The molecular formula is C12H18IN3O2. The molecule has 2 rings (SSSR count). The van der Waals surface area contributed by atoms with Gasteiger partial charge in [0.1, 0.15) is 5.60 Å². The highest BCUT2D eigenvalue weighted by Crippen LogP contribution is 2.17. The molecule has 0 aliphatic carbocycles. The number of H-pyrrole nitrogens is 1. The minimum Gasteiger partial charge on any atom is -0.444 e. The Balaban J connectivity index is 2.00. The van der Waals surface area contributed by atoms with Gasteiger partial charge in [0.15, 0.2) is 3.83 Å². The van der Waals surface area contributed by atoms with Crippen LogP contribution in [-0.4, -0.2) is 39.7 Å². The number of halogens is 1. The Morgan fingerprint density at radius 2 is 2.06 bits per heavy atom. The third kappa shape index (κ3) is 3.37. The summed E-state index contributed by atoms with van der Waals surface area (Å²) < 4.78 is 6.31. The van der Waals surface area contributed by atoms with Gasteiger partial charge in [0.2, 0.25) is 0 Å². The van der Waals surface area contributed by atoms with E-state index < -0.39 is 5.60 Å². The fraction of sp³-hybridized carbons (Fsp3) is 0.667. The van der Waals surface area contributed by atoms with E-state index in [0.29, 0.717) is 13.1 Å². The number of amides is 1. The predicted molar refractivity (Wildman–Crippen MR) is 76.5 cm³/mol. The Morgan fingerprint density at radius 1 is 1.39 bits per heavy atom. The molecule has 18 heavy (non-hydrogen) atoms. The lowest BCUT2D eigenvalue weighted by Crippen LogP contribution is -2.38. The zero-order valence-electron chi connectivity index (χ0n) is 10.9. The minimum atomic E-state index is -0.439. The first kappa shape index (κ1) is 13.6. The maximum atomic E-state index is 12.0. The summed E-state index contributed by atoms with van der Waals surface area (Å²) in [5.41, 5.74) is 1.78. The first-order valence-corrected chi connectivity index (χ1v) is 7.14. The van der Waals surface area contributed by atoms with Crippen molar-refractivity contribution in [2.75, 3.05) is 13.1 Å². The minimum absolute atomic E-state index is 0.234. The summed E-state index contributed by atoms with van der Waals surface area (Å²) in [5.74, 6) is 0. The molecule has 0 aromatic carbocycles. The molecule has 100 valence electrons. The molecule has 1 amide bonds. The Hall–Kier alpha value is -0.790. The maximum absolute atomic E-state index is 12.0. The van der Waals surface area contributed by atoms with Crippen molar-refractivity contribution in [2.45, 2.75) is 39.2 Å². The van der Waals surface area contributed by atoms with Crippen LogP contribution in [0.4, 0.5) is 4.79 Å². The molecule has 0 saturated heterocycles. The predicted octanol–water partition coefficient (Wildman–Crippen LogP) is 2.35. The number of carbonyl (C=O) groups is 1. The van der Waals surface area contributed by atoms with Crippen molar-refractivity contribution < 1.29 is 9.53 Å². The van der Waals surface area contributed by atoms with Gasteiger partial charge >= 0.3 is 6.09 Å². The summed E-state index contributed by atoms with van der Waals surface area (Å²) >= 11 is 2.18. The fourth-order valence-electron chi connectivity index (χ4n) is 1.93. The van der Waals surface area contributed by atoms with E-state index in [0.717, 1.165) is 28.1 Å². The van der Waals surface area contributed by atoms with Crippen LogP contribution in [0.5, 0.6) is 0 Å². The number of nitrogens with one attached hydrogen (secondary N) is 1. The highest BCUT2D eigenvalue weighted by molar-refractivity contribution is 14.1. The van der Waals surface area contributed by atoms with Crippen LogP contribution in [-0.2, 0) is 17.6 Å². The van der Waals surface area contributed by atoms with Crippen molar-refractivity contribution in [2.24, 2.45) is 0 Å². The van der Waals surface area contributed by atoms with Gasteiger partial charge in [-0.1, -0.05) is 0 Å². The monoisotopic (exact) mass is 363 g/mol. The van der Waals surface area contributed by atoms with Gasteiger partial charge in [-0.25, -0.2) is 9.78 Å². The van der Waals surface area contributed by atoms with Crippen LogP contribution in [0.25, 0.3) is 0 Å². The SMILES string of the molecule is CC(C)(C)OC(=O)N1CCc2nc(I)[nH]c2CC1. The first-order valence-electron chi connectivity index (χ1n) is 6.06. The van der Waals surface area contributed by atoms with Crippen LogP contribution in [0.15, 0.2) is 0 Å². The molecule has 0 fully saturated rings. The van der Waals surface area contributed by atoms with E-state index in [4.69, 9.17) is 4.74 Å². The molecule has 2 heterocycles. The Kier molecular flexibility index (Phi) is 3.84. The third-order valence-electron chi connectivity index (χ3n) is 2.74. The van der Waals surface area contributed by atoms with Crippen molar-refractivity contribution in [3.8, 4) is 0 Å². The quantitative estimate of drug-likeness (QED) is 0.720. The standard InChI is InChI=1S/C12H18IN3O2/c1-12(2,3)18-11(17)16-6-4-8-9(5-7-16)15-10(13)14-8/h4-7H2,1-3H3,(H,14,15). The molecule has 1 N–H and O–H groups in total. The lowest BCUT2D eigenvalue weighted by Gasteiger charge is -2.26. The Labute approximate surface area is 120 Å². The molecule has 0 radical (unpaired) electrons. The molecular weight excluding hydrogens is 345 g/mol. The van der Waals surface area contributed by atoms with Crippen LogP contribution in [0, 0.1) is 3.83 Å².